The van der Waals surface area contributed by atoms with E-state index in [0.717, 1.165) is 0 Å². The maximum absolute atomic E-state index is 11.8. The maximum Gasteiger partial charge on any atom is 0.381 e. The van der Waals surface area contributed by atoms with Gasteiger partial charge in [-0.25, -0.2) is 0 Å². The van der Waals surface area contributed by atoms with Crippen molar-refractivity contribution in [2.24, 2.45) is 0 Å². The summed E-state index contributed by atoms with van der Waals surface area (Å²) in [5, 5.41) is 10.4. The SMILES string of the molecule is O=C(Cn1cnc([N+](=O)[O-])c1)c1ccccc1. The highest BCUT2D eigenvalue weighted by Crippen LogP contribution is 2.07. The molecule has 0 saturated carbocycles. The van der Waals surface area contributed by atoms with Crippen molar-refractivity contribution in [3.8, 4) is 0 Å². The number of carbonyl (C=O) groups is 1. The van der Waals surface area contributed by atoms with Crippen LogP contribution >= 0.6 is 0 Å². The zero-order chi connectivity index (χ0) is 12.3. The Morgan fingerprint density at radius 2 is 2.06 bits per heavy atom. The number of nitrogens with zero attached hydrogens (tertiary/aromatic N) is 3. The Hall–Kier alpha value is -2.50. The fourth-order valence-electron chi connectivity index (χ4n) is 1.41. The predicted molar refractivity (Wildman–Crippen MR) is 59.7 cm³/mol. The lowest BCUT2D eigenvalue weighted by Gasteiger charge is -1.99. The molecule has 2 aromatic rings. The van der Waals surface area contributed by atoms with Gasteiger partial charge < -0.3 is 14.7 Å². The number of nitro groups is 1. The molecule has 0 aliphatic carbocycles. The van der Waals surface area contributed by atoms with Crippen LogP contribution in [-0.2, 0) is 6.54 Å². The molecule has 2 rings (SSSR count). The first kappa shape index (κ1) is 11.0. The van der Waals surface area contributed by atoms with Gasteiger partial charge in [0.2, 0.25) is 6.33 Å². The van der Waals surface area contributed by atoms with Gasteiger partial charge in [-0.2, -0.15) is 0 Å². The van der Waals surface area contributed by atoms with E-state index in [0.29, 0.717) is 5.56 Å². The minimum absolute atomic E-state index is 0.0465. The van der Waals surface area contributed by atoms with Crippen LogP contribution in [-0.4, -0.2) is 20.3 Å². The second kappa shape index (κ2) is 4.56. The lowest BCUT2D eigenvalue weighted by molar-refractivity contribution is -0.389. The van der Waals surface area contributed by atoms with Gasteiger partial charge in [-0.15, -0.1) is 0 Å². The van der Waals surface area contributed by atoms with Gasteiger partial charge in [-0.1, -0.05) is 30.3 Å². The van der Waals surface area contributed by atoms with Gasteiger partial charge in [-0.3, -0.25) is 4.79 Å². The quantitative estimate of drug-likeness (QED) is 0.455. The minimum Gasteiger partial charge on any atom is -0.358 e. The van der Waals surface area contributed by atoms with E-state index in [-0.39, 0.29) is 18.1 Å². The summed E-state index contributed by atoms with van der Waals surface area (Å²) < 4.78 is 1.40. The highest BCUT2D eigenvalue weighted by Gasteiger charge is 2.12. The first-order chi connectivity index (χ1) is 8.16. The van der Waals surface area contributed by atoms with Gasteiger partial charge in [0.05, 0.1) is 6.54 Å². The van der Waals surface area contributed by atoms with Crippen molar-refractivity contribution in [2.75, 3.05) is 0 Å². The van der Waals surface area contributed by atoms with Crippen molar-refractivity contribution in [1.29, 1.82) is 0 Å². The summed E-state index contributed by atoms with van der Waals surface area (Å²) in [6, 6.07) is 8.76. The highest BCUT2D eigenvalue weighted by atomic mass is 16.6. The van der Waals surface area contributed by atoms with E-state index in [4.69, 9.17) is 0 Å². The van der Waals surface area contributed by atoms with E-state index in [1.807, 2.05) is 6.07 Å². The zero-order valence-electron chi connectivity index (χ0n) is 8.81. The van der Waals surface area contributed by atoms with Crippen LogP contribution in [0, 0.1) is 10.1 Å². The summed E-state index contributed by atoms with van der Waals surface area (Å²) in [6.07, 6.45) is 2.51. The summed E-state index contributed by atoms with van der Waals surface area (Å²) in [5.41, 5.74) is 0.573. The molecule has 0 bridgehead atoms. The Morgan fingerprint density at radius 3 is 2.65 bits per heavy atom. The smallest absolute Gasteiger partial charge is 0.358 e. The summed E-state index contributed by atoms with van der Waals surface area (Å²) >= 11 is 0. The lowest BCUT2D eigenvalue weighted by atomic mass is 10.1. The molecular weight excluding hydrogens is 222 g/mol. The van der Waals surface area contributed by atoms with Gasteiger partial charge in [0, 0.05) is 5.56 Å². The van der Waals surface area contributed by atoms with Gasteiger partial charge in [0.25, 0.3) is 0 Å². The van der Waals surface area contributed by atoms with Gasteiger partial charge in [0.1, 0.15) is 6.20 Å². The molecule has 17 heavy (non-hydrogen) atoms. The summed E-state index contributed by atoms with van der Waals surface area (Å²) in [7, 11) is 0. The minimum atomic E-state index is -0.594. The fraction of sp³-hybridized carbons (Fsp3) is 0.0909. The van der Waals surface area contributed by atoms with Gasteiger partial charge in [-0.05, 0) is 9.91 Å². The van der Waals surface area contributed by atoms with Crippen LogP contribution in [0.25, 0.3) is 0 Å². The fourth-order valence-corrected chi connectivity index (χ4v) is 1.41. The molecule has 1 heterocycles. The van der Waals surface area contributed by atoms with Crippen LogP contribution in [0.1, 0.15) is 10.4 Å². The Morgan fingerprint density at radius 1 is 1.35 bits per heavy atom. The Bertz CT molecular complexity index is 548. The number of rotatable bonds is 4. The molecule has 86 valence electrons. The second-order valence-corrected chi connectivity index (χ2v) is 3.45. The van der Waals surface area contributed by atoms with Crippen LogP contribution in [0.15, 0.2) is 42.9 Å². The Balaban J connectivity index is 2.11. The number of ketones is 1. The maximum atomic E-state index is 11.8. The summed E-state index contributed by atoms with van der Waals surface area (Å²) in [6.45, 7) is 0.0465. The van der Waals surface area contributed by atoms with Crippen molar-refractivity contribution >= 4 is 11.6 Å². The molecular formula is C11H9N3O3. The van der Waals surface area contributed by atoms with E-state index in [1.54, 1.807) is 24.3 Å². The van der Waals surface area contributed by atoms with Crippen LogP contribution in [0.4, 0.5) is 5.82 Å². The first-order valence-corrected chi connectivity index (χ1v) is 4.91. The lowest BCUT2D eigenvalue weighted by Crippen LogP contribution is -2.08. The number of hydrogen-bond acceptors (Lipinski definition) is 4. The largest absolute Gasteiger partial charge is 0.381 e. The van der Waals surface area contributed by atoms with E-state index in [9.17, 15) is 14.9 Å². The normalized spacial score (nSPS) is 10.1. The van der Waals surface area contributed by atoms with Crippen molar-refractivity contribution in [1.82, 2.24) is 9.55 Å². The third kappa shape index (κ3) is 2.54. The molecule has 0 spiro atoms. The van der Waals surface area contributed by atoms with Gasteiger partial charge >= 0.3 is 5.82 Å². The number of aromatic nitrogens is 2. The van der Waals surface area contributed by atoms with E-state index in [2.05, 4.69) is 4.98 Å². The molecule has 6 heteroatoms. The second-order valence-electron chi connectivity index (χ2n) is 3.45. The Labute approximate surface area is 96.7 Å². The predicted octanol–water partition coefficient (Wildman–Crippen LogP) is 1.67. The van der Waals surface area contributed by atoms with Crippen LogP contribution in [0.2, 0.25) is 0 Å². The number of benzene rings is 1. The van der Waals surface area contributed by atoms with Crippen LogP contribution < -0.4 is 0 Å². The monoisotopic (exact) mass is 231 g/mol. The number of carbonyl (C=O) groups excluding carboxylic acids is 1. The molecule has 0 fully saturated rings. The molecule has 0 atom stereocenters. The standard InChI is InChI=1S/C11H9N3O3/c15-10(9-4-2-1-3-5-9)6-13-7-11(12-8-13)14(16)17/h1-5,7-8H,6H2. The van der Waals surface area contributed by atoms with E-state index < -0.39 is 4.92 Å². The number of imidazole rings is 1. The average Bonchev–Trinajstić information content (AvgIpc) is 2.79. The third-order valence-electron chi connectivity index (χ3n) is 2.23. The van der Waals surface area contributed by atoms with Crippen molar-refractivity contribution < 1.29 is 9.72 Å². The summed E-state index contributed by atoms with van der Waals surface area (Å²) in [4.78, 5) is 25.2. The van der Waals surface area contributed by atoms with Gasteiger partial charge in [0.15, 0.2) is 5.78 Å². The molecule has 0 N–H and O–H groups in total. The number of Topliss-reactive ketones (excluding diaryl/α,β-unsaturated/α-hetero) is 1. The van der Waals surface area contributed by atoms with Crippen molar-refractivity contribution in [3.05, 3.63) is 58.5 Å². The molecule has 0 amide bonds. The Kier molecular flexibility index (Phi) is 2.95. The van der Waals surface area contributed by atoms with E-state index >= 15 is 0 Å². The number of hydrogen-bond donors (Lipinski definition) is 0. The average molecular weight is 231 g/mol. The molecule has 1 aromatic heterocycles. The van der Waals surface area contributed by atoms with E-state index in [1.165, 1.54) is 17.1 Å². The van der Waals surface area contributed by atoms with Crippen LogP contribution in [0.3, 0.4) is 0 Å². The summed E-state index contributed by atoms with van der Waals surface area (Å²) in [5.74, 6) is -0.372. The molecule has 0 unspecified atom stereocenters. The molecule has 6 nitrogen and oxygen atoms in total. The zero-order valence-corrected chi connectivity index (χ0v) is 8.81. The van der Waals surface area contributed by atoms with Crippen LogP contribution in [0.5, 0.6) is 0 Å². The topological polar surface area (TPSA) is 78.0 Å². The highest BCUT2D eigenvalue weighted by molar-refractivity contribution is 5.95. The first-order valence-electron chi connectivity index (χ1n) is 4.91. The molecule has 0 aliphatic rings. The molecule has 0 aliphatic heterocycles. The third-order valence-corrected chi connectivity index (χ3v) is 2.23. The molecule has 0 saturated heterocycles. The molecule has 0 radical (unpaired) electrons. The van der Waals surface area contributed by atoms with Crippen molar-refractivity contribution in [2.45, 2.75) is 6.54 Å². The van der Waals surface area contributed by atoms with Crippen molar-refractivity contribution in [3.63, 3.8) is 0 Å². The molecule has 1 aromatic carbocycles.